The average Bonchev–Trinajstić information content (AvgIpc) is 2.97. The van der Waals surface area contributed by atoms with Crippen LogP contribution < -0.4 is 0 Å². The highest BCUT2D eigenvalue weighted by Crippen LogP contribution is 2.74. The molecule has 3 aromatic rings. The molecule has 3 aromatic carbocycles. The Balaban J connectivity index is 1.80. The van der Waals surface area contributed by atoms with Crippen LogP contribution in [0.4, 0.5) is 0 Å². The minimum Gasteiger partial charge on any atom is -0.0833 e. The Morgan fingerprint density at radius 2 is 1.38 bits per heavy atom. The van der Waals surface area contributed by atoms with Crippen LogP contribution in [0.25, 0.3) is 16.2 Å². The molecular weight excluding hydrogens is 372 g/mol. The van der Waals surface area contributed by atoms with Crippen molar-refractivity contribution in [2.75, 3.05) is 0 Å². The van der Waals surface area contributed by atoms with Gasteiger partial charge in [0, 0.05) is 5.56 Å². The van der Waals surface area contributed by atoms with Crippen molar-refractivity contribution < 1.29 is 0 Å². The number of benzene rings is 3. The lowest BCUT2D eigenvalue weighted by Gasteiger charge is -2.60. The molecule has 0 nitrogen and oxygen atoms in total. The predicted octanol–water partition coefficient (Wildman–Crippen LogP) is 7.48. The van der Waals surface area contributed by atoms with Gasteiger partial charge in [0.1, 0.15) is 0 Å². The summed E-state index contributed by atoms with van der Waals surface area (Å²) in [6, 6.07) is 28.6. The predicted molar refractivity (Wildman–Crippen MR) is 123 cm³/mol. The Hall–Kier alpha value is -2.57. The van der Waals surface area contributed by atoms with Crippen LogP contribution in [0.1, 0.15) is 48.1 Å². The van der Waals surface area contributed by atoms with Crippen LogP contribution in [-0.2, 0) is 11.8 Å². The van der Waals surface area contributed by atoms with Gasteiger partial charge in [-0.05, 0) is 57.2 Å². The lowest BCUT2D eigenvalue weighted by atomic mass is 9.42. The normalized spacial score (nSPS) is 23.6. The van der Waals surface area contributed by atoms with Gasteiger partial charge in [-0.15, -0.1) is 0 Å². The summed E-state index contributed by atoms with van der Waals surface area (Å²) in [6.07, 6.45) is 2.28. The fourth-order valence-corrected chi connectivity index (χ4v) is 6.55. The van der Waals surface area contributed by atoms with Gasteiger partial charge in [-0.3, -0.25) is 0 Å². The van der Waals surface area contributed by atoms with Crippen molar-refractivity contribution >= 4 is 27.8 Å². The summed E-state index contributed by atoms with van der Waals surface area (Å²) in [5, 5.41) is 0.944. The Morgan fingerprint density at radius 3 is 2.17 bits per heavy atom. The fraction of sp³-hybridized carbons (Fsp3) is 0.214. The van der Waals surface area contributed by atoms with Crippen LogP contribution in [-0.4, -0.2) is 0 Å². The van der Waals surface area contributed by atoms with E-state index in [9.17, 15) is 0 Å². The maximum atomic E-state index is 7.15. The first kappa shape index (κ1) is 17.3. The molecule has 1 heteroatoms. The third kappa shape index (κ3) is 1.96. The molecule has 0 saturated carbocycles. The van der Waals surface area contributed by atoms with Gasteiger partial charge < -0.3 is 0 Å². The average molecular weight is 395 g/mol. The van der Waals surface area contributed by atoms with Crippen molar-refractivity contribution in [1.29, 1.82) is 0 Å². The Kier molecular flexibility index (Phi) is 3.42. The van der Waals surface area contributed by atoms with Crippen molar-refractivity contribution in [2.45, 2.75) is 32.1 Å². The third-order valence-corrected chi connectivity index (χ3v) is 7.81. The molecule has 6 rings (SSSR count). The largest absolute Gasteiger partial charge is 0.0833 e. The van der Waals surface area contributed by atoms with E-state index in [-0.39, 0.29) is 10.8 Å². The molecule has 0 aromatic heterocycles. The summed E-state index contributed by atoms with van der Waals surface area (Å²) in [5.41, 5.74) is 10.8. The molecule has 142 valence electrons. The molecule has 0 saturated heterocycles. The van der Waals surface area contributed by atoms with Gasteiger partial charge in [0.05, 0.1) is 10.4 Å². The van der Waals surface area contributed by atoms with Crippen molar-refractivity contribution in [1.82, 2.24) is 0 Å². The number of hydrogen-bond acceptors (Lipinski definition) is 0. The topological polar surface area (TPSA) is 0 Å². The molecular formula is C28H23Cl. The fourth-order valence-electron chi connectivity index (χ4n) is 6.15. The molecule has 3 aliphatic rings. The van der Waals surface area contributed by atoms with E-state index in [4.69, 9.17) is 11.6 Å². The van der Waals surface area contributed by atoms with E-state index in [1.54, 1.807) is 0 Å². The van der Waals surface area contributed by atoms with Gasteiger partial charge in [0.15, 0.2) is 0 Å². The highest BCUT2D eigenvalue weighted by molar-refractivity contribution is 6.54. The molecule has 0 fully saturated rings. The van der Waals surface area contributed by atoms with E-state index >= 15 is 0 Å². The second-order valence-corrected chi connectivity index (χ2v) is 9.52. The molecule has 0 bridgehead atoms. The standard InChI is InChI=1S/C28H23Cl/c1-27(2)17-16-18-10-6-9-15-22(18)28(27)24(19-11-4-3-5-12-19)23-20-13-7-8-14-21(20)26(29)25(23)28/h3-15H,16-17H2,1-2H3. The smallest absolute Gasteiger partial charge is 0.0538 e. The molecule has 0 aliphatic heterocycles. The van der Waals surface area contributed by atoms with Crippen molar-refractivity contribution in [2.24, 2.45) is 5.41 Å². The van der Waals surface area contributed by atoms with E-state index < -0.39 is 0 Å². The third-order valence-electron chi connectivity index (χ3n) is 7.42. The van der Waals surface area contributed by atoms with Crippen LogP contribution in [0.5, 0.6) is 0 Å². The minimum atomic E-state index is -0.172. The molecule has 1 spiro atoms. The second-order valence-electron chi connectivity index (χ2n) is 9.14. The van der Waals surface area contributed by atoms with E-state index in [0.717, 1.165) is 17.9 Å². The first-order valence-electron chi connectivity index (χ1n) is 10.5. The Bertz CT molecular complexity index is 1230. The number of fused-ring (bicyclic) bond motifs is 6. The van der Waals surface area contributed by atoms with Gasteiger partial charge >= 0.3 is 0 Å². The molecule has 0 radical (unpaired) electrons. The summed E-state index contributed by atoms with van der Waals surface area (Å²) < 4.78 is 0. The molecule has 0 N–H and O–H groups in total. The van der Waals surface area contributed by atoms with Crippen molar-refractivity contribution in [3.05, 3.63) is 112 Å². The van der Waals surface area contributed by atoms with Crippen LogP contribution >= 0.6 is 11.6 Å². The van der Waals surface area contributed by atoms with E-state index in [1.807, 2.05) is 0 Å². The zero-order chi connectivity index (χ0) is 19.8. The van der Waals surface area contributed by atoms with Crippen molar-refractivity contribution in [3.8, 4) is 0 Å². The maximum Gasteiger partial charge on any atom is 0.0538 e. The summed E-state index contributed by atoms with van der Waals surface area (Å²) in [6.45, 7) is 4.87. The second kappa shape index (κ2) is 5.74. The molecule has 1 unspecified atom stereocenters. The lowest BCUT2D eigenvalue weighted by molar-refractivity contribution is 0.214. The number of hydrogen-bond donors (Lipinski definition) is 0. The molecule has 3 aliphatic carbocycles. The molecule has 29 heavy (non-hydrogen) atoms. The minimum absolute atomic E-state index is 0.0769. The number of allylic oxidation sites excluding steroid dienone is 3. The summed E-state index contributed by atoms with van der Waals surface area (Å²) in [5.74, 6) is 0. The summed E-state index contributed by atoms with van der Waals surface area (Å²) in [4.78, 5) is 0. The number of halogens is 1. The quantitative estimate of drug-likeness (QED) is 0.401. The first-order valence-corrected chi connectivity index (χ1v) is 10.8. The Labute approximate surface area is 177 Å². The van der Waals surface area contributed by atoms with E-state index in [2.05, 4.69) is 92.7 Å². The lowest BCUT2D eigenvalue weighted by Crippen LogP contribution is -2.53. The summed E-state index contributed by atoms with van der Waals surface area (Å²) in [7, 11) is 0. The molecule has 0 amide bonds. The zero-order valence-corrected chi connectivity index (χ0v) is 17.6. The molecule has 0 heterocycles. The SMILES string of the molecule is CC1(C)CCc2ccccc2C12C1=C(Cl)c3ccccc3C1=C2c1ccccc1. The Morgan fingerprint density at radius 1 is 0.724 bits per heavy atom. The maximum absolute atomic E-state index is 7.15. The van der Waals surface area contributed by atoms with Crippen LogP contribution in [0, 0.1) is 5.41 Å². The van der Waals surface area contributed by atoms with Gasteiger partial charge in [-0.2, -0.15) is 0 Å². The van der Waals surface area contributed by atoms with E-state index in [0.29, 0.717) is 0 Å². The van der Waals surface area contributed by atoms with Crippen LogP contribution in [0.15, 0.2) is 84.4 Å². The van der Waals surface area contributed by atoms with Gasteiger partial charge in [0.25, 0.3) is 0 Å². The van der Waals surface area contributed by atoms with E-state index in [1.165, 1.54) is 44.5 Å². The van der Waals surface area contributed by atoms with Gasteiger partial charge in [-0.25, -0.2) is 0 Å². The van der Waals surface area contributed by atoms with Crippen LogP contribution in [0.3, 0.4) is 0 Å². The monoisotopic (exact) mass is 394 g/mol. The summed E-state index contributed by atoms with van der Waals surface area (Å²) >= 11 is 7.15. The first-order chi connectivity index (χ1) is 14.1. The number of rotatable bonds is 1. The van der Waals surface area contributed by atoms with Gasteiger partial charge in [-0.1, -0.05) is 104 Å². The van der Waals surface area contributed by atoms with Crippen molar-refractivity contribution in [3.63, 3.8) is 0 Å². The van der Waals surface area contributed by atoms with Gasteiger partial charge in [0.2, 0.25) is 0 Å². The highest BCUT2D eigenvalue weighted by Gasteiger charge is 2.63. The number of aryl methyl sites for hydroxylation is 1. The highest BCUT2D eigenvalue weighted by atomic mass is 35.5. The zero-order valence-electron chi connectivity index (χ0n) is 16.8. The molecule has 1 atom stereocenters. The van der Waals surface area contributed by atoms with Crippen LogP contribution in [0.2, 0.25) is 0 Å².